The van der Waals surface area contributed by atoms with Crippen molar-refractivity contribution < 1.29 is 4.74 Å². The Balaban J connectivity index is 2.24. The molecule has 2 rings (SSSR count). The van der Waals surface area contributed by atoms with Gasteiger partial charge in [0.1, 0.15) is 0 Å². The van der Waals surface area contributed by atoms with Gasteiger partial charge in [-0.1, -0.05) is 22.0 Å². The van der Waals surface area contributed by atoms with Crippen molar-refractivity contribution in [2.24, 2.45) is 5.73 Å². The second kappa shape index (κ2) is 5.43. The van der Waals surface area contributed by atoms with Crippen molar-refractivity contribution in [1.82, 2.24) is 0 Å². The van der Waals surface area contributed by atoms with E-state index in [1.165, 1.54) is 5.69 Å². The maximum atomic E-state index is 5.94. The molecule has 0 aliphatic carbocycles. The monoisotopic (exact) mass is 326 g/mol. The van der Waals surface area contributed by atoms with E-state index in [0.717, 1.165) is 23.1 Å². The molecule has 4 heteroatoms. The van der Waals surface area contributed by atoms with Gasteiger partial charge in [-0.05, 0) is 45.4 Å². The summed E-state index contributed by atoms with van der Waals surface area (Å²) >= 11 is 3.62. The molecule has 1 heterocycles. The van der Waals surface area contributed by atoms with E-state index in [0.29, 0.717) is 0 Å². The number of hydrogen-bond acceptors (Lipinski definition) is 3. The molecule has 0 bridgehead atoms. The van der Waals surface area contributed by atoms with Crippen molar-refractivity contribution in [2.45, 2.75) is 45.4 Å². The van der Waals surface area contributed by atoms with Gasteiger partial charge in [0, 0.05) is 29.3 Å². The van der Waals surface area contributed by atoms with Gasteiger partial charge in [0.2, 0.25) is 0 Å². The number of rotatable bonds is 2. The van der Waals surface area contributed by atoms with Crippen LogP contribution in [0.2, 0.25) is 0 Å². The zero-order chi connectivity index (χ0) is 14.2. The highest BCUT2D eigenvalue weighted by Gasteiger charge is 2.31. The molecule has 0 spiro atoms. The molecule has 1 aliphatic heterocycles. The average molecular weight is 327 g/mol. The van der Waals surface area contributed by atoms with Crippen LogP contribution in [0.4, 0.5) is 5.69 Å². The van der Waals surface area contributed by atoms with Crippen LogP contribution in [-0.2, 0) is 4.74 Å². The average Bonchev–Trinajstić information content (AvgIpc) is 2.25. The largest absolute Gasteiger partial charge is 0.369 e. The molecule has 1 unspecified atom stereocenters. The summed E-state index contributed by atoms with van der Waals surface area (Å²) in [5, 5.41) is 0. The summed E-state index contributed by atoms with van der Waals surface area (Å²) in [5.74, 6) is 0. The smallest absolute Gasteiger partial charge is 0.0805 e. The Hall–Kier alpha value is -0.580. The Kier molecular flexibility index (Phi) is 4.23. The van der Waals surface area contributed by atoms with E-state index in [-0.39, 0.29) is 17.7 Å². The summed E-state index contributed by atoms with van der Waals surface area (Å²) in [6, 6.07) is 6.46. The van der Waals surface area contributed by atoms with Gasteiger partial charge in [-0.2, -0.15) is 0 Å². The second-order valence-electron chi connectivity index (χ2n) is 6.06. The summed E-state index contributed by atoms with van der Waals surface area (Å²) in [7, 11) is 0. The number of nitrogens with two attached hydrogens (primary N) is 1. The summed E-state index contributed by atoms with van der Waals surface area (Å²) in [5.41, 5.74) is 8.20. The van der Waals surface area contributed by atoms with Gasteiger partial charge < -0.3 is 15.4 Å². The van der Waals surface area contributed by atoms with Gasteiger partial charge in [-0.25, -0.2) is 0 Å². The summed E-state index contributed by atoms with van der Waals surface area (Å²) in [4.78, 5) is 2.38. The molecule has 0 radical (unpaired) electrons. The predicted octanol–water partition coefficient (Wildman–Crippen LogP) is 3.47. The zero-order valence-corrected chi connectivity index (χ0v) is 13.7. The van der Waals surface area contributed by atoms with E-state index in [1.54, 1.807) is 0 Å². The van der Waals surface area contributed by atoms with Crippen LogP contribution in [-0.4, -0.2) is 24.8 Å². The van der Waals surface area contributed by atoms with Gasteiger partial charge in [0.15, 0.2) is 0 Å². The van der Waals surface area contributed by atoms with E-state index >= 15 is 0 Å². The van der Waals surface area contributed by atoms with Gasteiger partial charge in [0.25, 0.3) is 0 Å². The first-order chi connectivity index (χ1) is 8.78. The fourth-order valence-corrected chi connectivity index (χ4v) is 3.46. The van der Waals surface area contributed by atoms with Crippen LogP contribution in [0.15, 0.2) is 22.7 Å². The molecule has 1 saturated heterocycles. The van der Waals surface area contributed by atoms with Crippen molar-refractivity contribution >= 4 is 21.6 Å². The van der Waals surface area contributed by atoms with Crippen molar-refractivity contribution in [1.29, 1.82) is 0 Å². The number of halogens is 1. The van der Waals surface area contributed by atoms with Crippen LogP contribution in [0, 0.1) is 0 Å². The third-order valence-electron chi connectivity index (χ3n) is 3.41. The minimum absolute atomic E-state index is 0.0449. The fraction of sp³-hybridized carbons (Fsp3) is 0.600. The topological polar surface area (TPSA) is 38.5 Å². The molecule has 1 fully saturated rings. The van der Waals surface area contributed by atoms with Crippen LogP contribution in [0.25, 0.3) is 0 Å². The molecular formula is C15H23BrN2O. The molecule has 1 aromatic carbocycles. The molecule has 106 valence electrons. The van der Waals surface area contributed by atoms with Crippen LogP contribution in [0.5, 0.6) is 0 Å². The Morgan fingerprint density at radius 3 is 2.68 bits per heavy atom. The molecule has 0 amide bonds. The second-order valence-corrected chi connectivity index (χ2v) is 6.92. The van der Waals surface area contributed by atoms with E-state index in [2.05, 4.69) is 59.8 Å². The standard InChI is InChI=1S/C15H23BrN2O/c1-10-8-18(9-15(3,4)19-10)12-5-6-13(11(2)17)14(16)7-12/h5-7,10-11H,8-9,17H2,1-4H3/t10?,11-/m0/s1. The molecule has 2 N–H and O–H groups in total. The lowest BCUT2D eigenvalue weighted by Crippen LogP contribution is -2.52. The highest BCUT2D eigenvalue weighted by molar-refractivity contribution is 9.10. The van der Waals surface area contributed by atoms with Gasteiger partial charge in [-0.3, -0.25) is 0 Å². The minimum Gasteiger partial charge on any atom is -0.369 e. The first-order valence-electron chi connectivity index (χ1n) is 6.76. The zero-order valence-electron chi connectivity index (χ0n) is 12.1. The van der Waals surface area contributed by atoms with Gasteiger partial charge in [-0.15, -0.1) is 0 Å². The van der Waals surface area contributed by atoms with Gasteiger partial charge in [0.05, 0.1) is 11.7 Å². The van der Waals surface area contributed by atoms with E-state index in [9.17, 15) is 0 Å². The highest BCUT2D eigenvalue weighted by Crippen LogP contribution is 2.31. The SMILES string of the molecule is CC1CN(c2ccc([C@H](C)N)c(Br)c2)CC(C)(C)O1. The predicted molar refractivity (Wildman–Crippen MR) is 83.6 cm³/mol. The molecule has 0 aromatic heterocycles. The quantitative estimate of drug-likeness (QED) is 0.904. The number of anilines is 1. The molecule has 2 atom stereocenters. The number of nitrogens with zero attached hydrogens (tertiary/aromatic N) is 1. The Labute approximate surface area is 124 Å². The number of morpholine rings is 1. The van der Waals surface area contributed by atoms with Crippen LogP contribution in [0.3, 0.4) is 0 Å². The summed E-state index contributed by atoms with van der Waals surface area (Å²) < 4.78 is 7.02. The lowest BCUT2D eigenvalue weighted by atomic mass is 10.0. The number of benzene rings is 1. The molecule has 1 aliphatic rings. The van der Waals surface area contributed by atoms with Crippen molar-refractivity contribution in [3.05, 3.63) is 28.2 Å². The minimum atomic E-state index is -0.107. The van der Waals surface area contributed by atoms with Crippen LogP contribution >= 0.6 is 15.9 Å². The normalized spacial score (nSPS) is 24.3. The van der Waals surface area contributed by atoms with Crippen molar-refractivity contribution in [3.63, 3.8) is 0 Å². The van der Waals surface area contributed by atoms with E-state index in [4.69, 9.17) is 10.5 Å². The summed E-state index contributed by atoms with van der Waals surface area (Å²) in [6.07, 6.45) is 0.246. The Morgan fingerprint density at radius 1 is 1.47 bits per heavy atom. The van der Waals surface area contributed by atoms with E-state index < -0.39 is 0 Å². The van der Waals surface area contributed by atoms with Crippen molar-refractivity contribution in [2.75, 3.05) is 18.0 Å². The lowest BCUT2D eigenvalue weighted by molar-refractivity contribution is -0.0749. The number of ether oxygens (including phenoxy) is 1. The van der Waals surface area contributed by atoms with E-state index in [1.807, 2.05) is 6.92 Å². The third kappa shape index (κ3) is 3.50. The van der Waals surface area contributed by atoms with Gasteiger partial charge >= 0.3 is 0 Å². The van der Waals surface area contributed by atoms with Crippen molar-refractivity contribution in [3.8, 4) is 0 Å². The summed E-state index contributed by atoms with van der Waals surface area (Å²) in [6.45, 7) is 10.2. The highest BCUT2D eigenvalue weighted by atomic mass is 79.9. The Bertz CT molecular complexity index is 459. The molecular weight excluding hydrogens is 304 g/mol. The Morgan fingerprint density at radius 2 is 2.16 bits per heavy atom. The molecule has 1 aromatic rings. The van der Waals surface area contributed by atoms with Crippen LogP contribution in [0.1, 0.15) is 39.3 Å². The first kappa shape index (κ1) is 14.8. The van der Waals surface area contributed by atoms with Crippen LogP contribution < -0.4 is 10.6 Å². The first-order valence-corrected chi connectivity index (χ1v) is 7.55. The molecule has 3 nitrogen and oxygen atoms in total. The lowest BCUT2D eigenvalue weighted by Gasteiger charge is -2.43. The third-order valence-corrected chi connectivity index (χ3v) is 4.10. The molecule has 0 saturated carbocycles. The molecule has 19 heavy (non-hydrogen) atoms. The maximum Gasteiger partial charge on any atom is 0.0805 e. The number of hydrogen-bond donors (Lipinski definition) is 1. The maximum absolute atomic E-state index is 5.94. The fourth-order valence-electron chi connectivity index (χ4n) is 2.73.